The third-order valence-electron chi connectivity index (χ3n) is 5.15. The summed E-state index contributed by atoms with van der Waals surface area (Å²) in [4.78, 5) is 22.7. The van der Waals surface area contributed by atoms with Crippen LogP contribution in [0.2, 0.25) is 0 Å². The molecule has 5 nitrogen and oxygen atoms in total. The molecule has 2 atom stereocenters. The Morgan fingerprint density at radius 1 is 1.16 bits per heavy atom. The molecule has 0 spiro atoms. The molecule has 0 aromatic heterocycles. The first-order valence-electron chi connectivity index (χ1n) is 9.76. The fourth-order valence-electron chi connectivity index (χ4n) is 3.52. The van der Waals surface area contributed by atoms with E-state index in [4.69, 9.17) is 5.11 Å². The minimum Gasteiger partial charge on any atom is -0.477 e. The van der Waals surface area contributed by atoms with Crippen LogP contribution >= 0.6 is 0 Å². The van der Waals surface area contributed by atoms with Gasteiger partial charge >= 0.3 is 5.97 Å². The number of allylic oxidation sites excluding steroid dienone is 2. The number of carboxylic acid groups (broad SMARTS) is 1. The molecule has 0 saturated heterocycles. The van der Waals surface area contributed by atoms with Gasteiger partial charge in [0.2, 0.25) is 0 Å². The normalized spacial score (nSPS) is 21.3. The first-order chi connectivity index (χ1) is 11.9. The second kappa shape index (κ2) is 11.4. The van der Waals surface area contributed by atoms with Gasteiger partial charge in [0.25, 0.3) is 5.79 Å². The van der Waals surface area contributed by atoms with Gasteiger partial charge in [0.1, 0.15) is 5.78 Å². The summed E-state index contributed by atoms with van der Waals surface area (Å²) in [6.45, 7) is 2.20. The molecule has 1 rings (SSSR count). The molecule has 5 heteroatoms. The molecule has 3 N–H and O–H groups in total. The van der Waals surface area contributed by atoms with Crippen LogP contribution in [0, 0.1) is 11.8 Å². The zero-order valence-corrected chi connectivity index (χ0v) is 15.5. The van der Waals surface area contributed by atoms with Crippen molar-refractivity contribution in [2.75, 3.05) is 0 Å². The van der Waals surface area contributed by atoms with E-state index < -0.39 is 11.8 Å². The molecule has 0 aromatic rings. The number of aliphatic hydroxyl groups is 2. The van der Waals surface area contributed by atoms with Crippen molar-refractivity contribution in [3.63, 3.8) is 0 Å². The Morgan fingerprint density at radius 2 is 1.88 bits per heavy atom. The number of carbonyl (C=O) groups is 2. The Bertz CT molecular complexity index is 441. The van der Waals surface area contributed by atoms with Crippen molar-refractivity contribution < 1.29 is 24.9 Å². The van der Waals surface area contributed by atoms with E-state index in [1.807, 2.05) is 0 Å². The van der Waals surface area contributed by atoms with E-state index in [1.54, 1.807) is 0 Å². The maximum atomic E-state index is 12.1. The molecule has 0 radical (unpaired) electrons. The van der Waals surface area contributed by atoms with E-state index in [0.717, 1.165) is 25.7 Å². The summed E-state index contributed by atoms with van der Waals surface area (Å²) < 4.78 is 0. The molecular weight excluding hydrogens is 320 g/mol. The average Bonchev–Trinajstić information content (AvgIpc) is 2.90. The highest BCUT2D eigenvalue weighted by atomic mass is 16.5. The van der Waals surface area contributed by atoms with E-state index in [9.17, 15) is 19.8 Å². The largest absolute Gasteiger partial charge is 0.477 e. The van der Waals surface area contributed by atoms with Crippen molar-refractivity contribution in [1.29, 1.82) is 0 Å². The van der Waals surface area contributed by atoms with Gasteiger partial charge in [-0.05, 0) is 38.0 Å². The van der Waals surface area contributed by atoms with Crippen LogP contribution in [0.15, 0.2) is 12.2 Å². The van der Waals surface area contributed by atoms with Gasteiger partial charge in [-0.2, -0.15) is 0 Å². The maximum Gasteiger partial charge on any atom is 0.364 e. The minimum atomic E-state index is -2.63. The summed E-state index contributed by atoms with van der Waals surface area (Å²) in [5.74, 6) is -3.48. The lowest BCUT2D eigenvalue weighted by Crippen LogP contribution is -2.37. The molecule has 0 aromatic carbocycles. The van der Waals surface area contributed by atoms with Crippen molar-refractivity contribution in [2.24, 2.45) is 11.8 Å². The van der Waals surface area contributed by atoms with E-state index in [0.29, 0.717) is 31.0 Å². The van der Waals surface area contributed by atoms with E-state index >= 15 is 0 Å². The predicted molar refractivity (Wildman–Crippen MR) is 97.0 cm³/mol. The molecule has 0 unspecified atom stereocenters. The zero-order valence-electron chi connectivity index (χ0n) is 15.5. The summed E-state index contributed by atoms with van der Waals surface area (Å²) >= 11 is 0. The quantitative estimate of drug-likeness (QED) is 0.265. The van der Waals surface area contributed by atoms with Crippen LogP contribution in [0.5, 0.6) is 0 Å². The van der Waals surface area contributed by atoms with Crippen molar-refractivity contribution in [3.05, 3.63) is 12.2 Å². The standard InChI is InChI=1S/C20H34O5/c1-2-3-4-5-6-8-11-16-13-14-18(21)17(16)12-9-7-10-15-20(24,25)19(22)23/h8,11,16-17,24-25H,2-7,9-10,12-15H2,1H3,(H,22,23)/b11-8+/t16-,17+/m0/s1. The van der Waals surface area contributed by atoms with Crippen LogP contribution in [0.4, 0.5) is 0 Å². The summed E-state index contributed by atoms with van der Waals surface area (Å²) in [6.07, 6.45) is 14.7. The number of hydrogen-bond acceptors (Lipinski definition) is 4. The van der Waals surface area contributed by atoms with Crippen LogP contribution in [0.3, 0.4) is 0 Å². The summed E-state index contributed by atoms with van der Waals surface area (Å²) in [5, 5.41) is 27.1. The second-order valence-corrected chi connectivity index (χ2v) is 7.27. The maximum absolute atomic E-state index is 12.1. The van der Waals surface area contributed by atoms with E-state index in [2.05, 4.69) is 19.1 Å². The number of Topliss-reactive ketones (excluding diaryl/α,β-unsaturated/α-hetero) is 1. The molecule has 0 heterocycles. The van der Waals surface area contributed by atoms with Gasteiger partial charge in [-0.3, -0.25) is 4.79 Å². The number of unbranched alkanes of at least 4 members (excludes halogenated alkanes) is 6. The molecule has 0 aliphatic heterocycles. The first-order valence-corrected chi connectivity index (χ1v) is 9.76. The van der Waals surface area contributed by atoms with Gasteiger partial charge < -0.3 is 15.3 Å². The lowest BCUT2D eigenvalue weighted by Gasteiger charge is -2.17. The van der Waals surface area contributed by atoms with Gasteiger partial charge in [-0.15, -0.1) is 0 Å². The molecule has 144 valence electrons. The Kier molecular flexibility index (Phi) is 9.98. The topological polar surface area (TPSA) is 94.8 Å². The lowest BCUT2D eigenvalue weighted by atomic mass is 9.89. The monoisotopic (exact) mass is 354 g/mol. The van der Waals surface area contributed by atoms with Gasteiger partial charge in [-0.1, -0.05) is 51.2 Å². The number of rotatable bonds is 13. The molecule has 0 amide bonds. The number of aliphatic carboxylic acids is 1. The van der Waals surface area contributed by atoms with Gasteiger partial charge in [0.15, 0.2) is 0 Å². The number of hydrogen-bond donors (Lipinski definition) is 3. The number of carbonyl (C=O) groups excluding carboxylic acids is 1. The molecule has 1 fully saturated rings. The number of carboxylic acids is 1. The van der Waals surface area contributed by atoms with Crippen LogP contribution in [-0.2, 0) is 9.59 Å². The van der Waals surface area contributed by atoms with Gasteiger partial charge in [0.05, 0.1) is 0 Å². The highest BCUT2D eigenvalue weighted by molar-refractivity contribution is 5.83. The van der Waals surface area contributed by atoms with Crippen molar-refractivity contribution in [2.45, 2.75) is 89.8 Å². The first kappa shape index (κ1) is 21.8. The SMILES string of the molecule is CCCCCC/C=C/[C@H]1CCC(=O)[C@@H]1CCCCCC(O)(O)C(=O)O. The molecule has 1 saturated carbocycles. The lowest BCUT2D eigenvalue weighted by molar-refractivity contribution is -0.205. The number of ketones is 1. The predicted octanol–water partition coefficient (Wildman–Crippen LogP) is 3.82. The summed E-state index contributed by atoms with van der Waals surface area (Å²) in [5.41, 5.74) is 0. The average molecular weight is 354 g/mol. The Morgan fingerprint density at radius 3 is 2.56 bits per heavy atom. The van der Waals surface area contributed by atoms with Crippen molar-refractivity contribution >= 4 is 11.8 Å². The minimum absolute atomic E-state index is 0.0828. The summed E-state index contributed by atoms with van der Waals surface area (Å²) in [6, 6.07) is 0. The zero-order chi connectivity index (χ0) is 18.7. The molecule has 1 aliphatic carbocycles. The highest BCUT2D eigenvalue weighted by Crippen LogP contribution is 2.34. The van der Waals surface area contributed by atoms with E-state index in [1.165, 1.54) is 25.7 Å². The van der Waals surface area contributed by atoms with Crippen LogP contribution < -0.4 is 0 Å². The highest BCUT2D eigenvalue weighted by Gasteiger charge is 2.33. The smallest absolute Gasteiger partial charge is 0.364 e. The molecular formula is C20H34O5. The third kappa shape index (κ3) is 8.15. The Hall–Kier alpha value is -1.20. The van der Waals surface area contributed by atoms with Crippen LogP contribution in [-0.4, -0.2) is 32.9 Å². The van der Waals surface area contributed by atoms with Crippen LogP contribution in [0.25, 0.3) is 0 Å². The van der Waals surface area contributed by atoms with Crippen molar-refractivity contribution in [3.8, 4) is 0 Å². The third-order valence-corrected chi connectivity index (χ3v) is 5.15. The van der Waals surface area contributed by atoms with Crippen LogP contribution in [0.1, 0.15) is 84.0 Å². The van der Waals surface area contributed by atoms with Gasteiger partial charge in [0, 0.05) is 18.8 Å². The second-order valence-electron chi connectivity index (χ2n) is 7.27. The van der Waals surface area contributed by atoms with Gasteiger partial charge in [-0.25, -0.2) is 4.79 Å². The summed E-state index contributed by atoms with van der Waals surface area (Å²) in [7, 11) is 0. The molecule has 1 aliphatic rings. The molecule has 25 heavy (non-hydrogen) atoms. The Labute approximate surface area is 151 Å². The fraction of sp³-hybridized carbons (Fsp3) is 0.800. The van der Waals surface area contributed by atoms with E-state index in [-0.39, 0.29) is 12.3 Å². The fourth-order valence-corrected chi connectivity index (χ4v) is 3.52. The Balaban J connectivity index is 2.26. The molecule has 0 bridgehead atoms. The van der Waals surface area contributed by atoms with Crippen molar-refractivity contribution in [1.82, 2.24) is 0 Å².